The molecule has 0 atom stereocenters. The van der Waals surface area contributed by atoms with E-state index in [4.69, 9.17) is 0 Å². The van der Waals surface area contributed by atoms with Crippen molar-refractivity contribution in [3.8, 4) is 22.3 Å². The maximum atomic E-state index is 3.68. The van der Waals surface area contributed by atoms with Crippen LogP contribution in [0.3, 0.4) is 0 Å². The van der Waals surface area contributed by atoms with Gasteiger partial charge >= 0.3 is 0 Å². The maximum absolute atomic E-state index is 3.68. The third kappa shape index (κ3) is 3.14. The molecule has 1 aromatic heterocycles. The molecule has 1 aliphatic rings. The van der Waals surface area contributed by atoms with Crippen LogP contribution in [-0.4, -0.2) is 0 Å². The lowest BCUT2D eigenvalue weighted by molar-refractivity contribution is 0.660. The van der Waals surface area contributed by atoms with Crippen LogP contribution in [0.25, 0.3) is 42.4 Å². The van der Waals surface area contributed by atoms with Crippen molar-refractivity contribution in [3.05, 3.63) is 120 Å². The average molecular weight is 468 g/mol. The van der Waals surface area contributed by atoms with Gasteiger partial charge in [-0.25, -0.2) is 0 Å². The highest BCUT2D eigenvalue weighted by Gasteiger charge is 2.35. The SMILES string of the molecule is CC1(C)c2ccccc2-c2ccc(-c3ccc(Nc4cccc5sc6ccccc6c45)cc3)cc21. The smallest absolute Gasteiger partial charge is 0.0478 e. The molecule has 5 aromatic carbocycles. The Balaban J connectivity index is 1.23. The Bertz CT molecular complexity index is 1740. The van der Waals surface area contributed by atoms with Gasteiger partial charge in [0.1, 0.15) is 0 Å². The van der Waals surface area contributed by atoms with Gasteiger partial charge in [-0.05, 0) is 69.8 Å². The van der Waals surface area contributed by atoms with Crippen LogP contribution in [0.5, 0.6) is 0 Å². The minimum atomic E-state index is 0.0193. The molecule has 168 valence electrons. The number of rotatable bonds is 3. The van der Waals surface area contributed by atoms with Gasteiger partial charge in [0.05, 0.1) is 0 Å². The van der Waals surface area contributed by atoms with Crippen molar-refractivity contribution in [3.63, 3.8) is 0 Å². The molecule has 6 aromatic rings. The standard InChI is InChI=1S/C33H25NS/c1-33(2)27-10-5-3-8-24(27)25-19-16-22(20-28(25)33)21-14-17-23(18-15-21)34-29-11-7-13-31-32(29)26-9-4-6-12-30(26)35-31/h3-20,34H,1-2H3. The largest absolute Gasteiger partial charge is 0.355 e. The fraction of sp³-hybridized carbons (Fsp3) is 0.0909. The average Bonchev–Trinajstić information content (AvgIpc) is 3.38. The highest BCUT2D eigenvalue weighted by Crippen LogP contribution is 2.49. The molecule has 0 bridgehead atoms. The van der Waals surface area contributed by atoms with Crippen molar-refractivity contribution in [1.82, 2.24) is 0 Å². The predicted molar refractivity (Wildman–Crippen MR) is 152 cm³/mol. The van der Waals surface area contributed by atoms with Crippen molar-refractivity contribution in [2.75, 3.05) is 5.32 Å². The highest BCUT2D eigenvalue weighted by atomic mass is 32.1. The van der Waals surface area contributed by atoms with E-state index in [9.17, 15) is 0 Å². The summed E-state index contributed by atoms with van der Waals surface area (Å²) in [5, 5.41) is 6.29. The van der Waals surface area contributed by atoms with Gasteiger partial charge in [-0.1, -0.05) is 86.6 Å². The molecule has 0 fully saturated rings. The van der Waals surface area contributed by atoms with E-state index in [1.165, 1.54) is 53.6 Å². The quantitative estimate of drug-likeness (QED) is 0.273. The molecule has 1 heterocycles. The summed E-state index contributed by atoms with van der Waals surface area (Å²) in [6.07, 6.45) is 0. The number of nitrogens with one attached hydrogen (secondary N) is 1. The summed E-state index contributed by atoms with van der Waals surface area (Å²) in [5.74, 6) is 0. The highest BCUT2D eigenvalue weighted by molar-refractivity contribution is 7.25. The summed E-state index contributed by atoms with van der Waals surface area (Å²) in [6, 6.07) is 39.8. The zero-order valence-corrected chi connectivity index (χ0v) is 20.6. The summed E-state index contributed by atoms with van der Waals surface area (Å²) in [4.78, 5) is 0. The van der Waals surface area contributed by atoms with Gasteiger partial charge in [-0.3, -0.25) is 0 Å². The van der Waals surface area contributed by atoms with Gasteiger partial charge in [0, 0.05) is 37.0 Å². The Morgan fingerprint density at radius 3 is 2.20 bits per heavy atom. The summed E-state index contributed by atoms with van der Waals surface area (Å²) in [5.41, 5.74) is 10.3. The van der Waals surface area contributed by atoms with Gasteiger partial charge in [-0.2, -0.15) is 0 Å². The Morgan fingerprint density at radius 1 is 0.600 bits per heavy atom. The fourth-order valence-electron chi connectivity index (χ4n) is 5.66. The minimum Gasteiger partial charge on any atom is -0.355 e. The molecule has 7 rings (SSSR count). The zero-order chi connectivity index (χ0) is 23.6. The number of thiophene rings is 1. The monoisotopic (exact) mass is 467 g/mol. The normalized spacial score (nSPS) is 13.7. The second kappa shape index (κ2) is 7.56. The molecule has 0 aliphatic heterocycles. The van der Waals surface area contributed by atoms with E-state index in [1.807, 2.05) is 11.3 Å². The lowest BCUT2D eigenvalue weighted by Gasteiger charge is -2.22. The summed E-state index contributed by atoms with van der Waals surface area (Å²) >= 11 is 1.85. The summed E-state index contributed by atoms with van der Waals surface area (Å²) in [7, 11) is 0. The fourth-order valence-corrected chi connectivity index (χ4v) is 6.80. The molecule has 0 amide bonds. The van der Waals surface area contributed by atoms with Crippen molar-refractivity contribution in [1.29, 1.82) is 0 Å². The first-order valence-corrected chi connectivity index (χ1v) is 12.9. The Morgan fingerprint density at radius 2 is 1.31 bits per heavy atom. The number of fused-ring (bicyclic) bond motifs is 6. The van der Waals surface area contributed by atoms with Crippen LogP contribution in [0.2, 0.25) is 0 Å². The van der Waals surface area contributed by atoms with Crippen molar-refractivity contribution in [2.24, 2.45) is 0 Å². The van der Waals surface area contributed by atoms with Crippen LogP contribution >= 0.6 is 11.3 Å². The first-order chi connectivity index (χ1) is 17.1. The number of anilines is 2. The van der Waals surface area contributed by atoms with Gasteiger partial charge in [0.2, 0.25) is 0 Å². The van der Waals surface area contributed by atoms with Gasteiger partial charge in [0.15, 0.2) is 0 Å². The second-order valence-electron chi connectivity index (χ2n) is 9.91. The van der Waals surface area contributed by atoms with Gasteiger partial charge < -0.3 is 5.32 Å². The van der Waals surface area contributed by atoms with Crippen LogP contribution in [-0.2, 0) is 5.41 Å². The van der Waals surface area contributed by atoms with Crippen LogP contribution in [0.15, 0.2) is 109 Å². The third-order valence-corrected chi connectivity index (χ3v) is 8.62. The molecule has 35 heavy (non-hydrogen) atoms. The number of benzene rings is 5. The minimum absolute atomic E-state index is 0.0193. The topological polar surface area (TPSA) is 12.0 Å². The van der Waals surface area contributed by atoms with E-state index in [2.05, 4.69) is 128 Å². The van der Waals surface area contributed by atoms with Crippen molar-refractivity contribution >= 4 is 42.9 Å². The Kier molecular flexibility index (Phi) is 4.43. The third-order valence-electron chi connectivity index (χ3n) is 7.48. The molecule has 0 saturated heterocycles. The van der Waals surface area contributed by atoms with E-state index in [-0.39, 0.29) is 5.41 Å². The van der Waals surface area contributed by atoms with E-state index in [0.717, 1.165) is 11.4 Å². The van der Waals surface area contributed by atoms with Crippen molar-refractivity contribution in [2.45, 2.75) is 19.3 Å². The van der Waals surface area contributed by atoms with Crippen LogP contribution in [0, 0.1) is 0 Å². The Labute approximate surface area is 209 Å². The molecule has 1 aliphatic carbocycles. The van der Waals surface area contributed by atoms with Crippen molar-refractivity contribution < 1.29 is 0 Å². The summed E-state index contributed by atoms with van der Waals surface area (Å²) in [6.45, 7) is 4.67. The molecule has 1 nitrogen and oxygen atoms in total. The van der Waals surface area contributed by atoms with E-state index >= 15 is 0 Å². The predicted octanol–water partition coefficient (Wildman–Crippen LogP) is 9.77. The van der Waals surface area contributed by atoms with Crippen LogP contribution < -0.4 is 5.32 Å². The van der Waals surface area contributed by atoms with E-state index < -0.39 is 0 Å². The van der Waals surface area contributed by atoms with Gasteiger partial charge in [-0.15, -0.1) is 11.3 Å². The molecule has 2 heteroatoms. The lowest BCUT2D eigenvalue weighted by Crippen LogP contribution is -2.14. The van der Waals surface area contributed by atoms with E-state index in [1.54, 1.807) is 0 Å². The first kappa shape index (κ1) is 20.5. The number of hydrogen-bond donors (Lipinski definition) is 1. The van der Waals surface area contributed by atoms with Gasteiger partial charge in [0.25, 0.3) is 0 Å². The molecule has 0 unspecified atom stereocenters. The van der Waals surface area contributed by atoms with Crippen LogP contribution in [0.1, 0.15) is 25.0 Å². The first-order valence-electron chi connectivity index (χ1n) is 12.1. The molecular weight excluding hydrogens is 442 g/mol. The lowest BCUT2D eigenvalue weighted by atomic mass is 9.81. The molecule has 0 spiro atoms. The molecule has 1 N–H and O–H groups in total. The second-order valence-corrected chi connectivity index (χ2v) is 11.0. The molecule has 0 saturated carbocycles. The Hall–Kier alpha value is -3.88. The van der Waals surface area contributed by atoms with Crippen LogP contribution in [0.4, 0.5) is 11.4 Å². The maximum Gasteiger partial charge on any atom is 0.0478 e. The number of hydrogen-bond acceptors (Lipinski definition) is 2. The summed E-state index contributed by atoms with van der Waals surface area (Å²) < 4.78 is 2.64. The van der Waals surface area contributed by atoms with E-state index in [0.29, 0.717) is 0 Å². The zero-order valence-electron chi connectivity index (χ0n) is 19.8. The molecular formula is C33H25NS. The molecule has 0 radical (unpaired) electrons.